The Hall–Kier alpha value is -10.2. The quantitative estimate of drug-likeness (QED) is 0.156. The van der Waals surface area contributed by atoms with E-state index in [0.29, 0.717) is 72.9 Å². The molecule has 0 spiro atoms. The van der Waals surface area contributed by atoms with Crippen molar-refractivity contribution in [3.63, 3.8) is 0 Å². The van der Waals surface area contributed by atoms with Gasteiger partial charge in [0, 0.05) is 27.1 Å². The first-order valence-corrected chi connectivity index (χ1v) is 22.3. The zero-order valence-electron chi connectivity index (χ0n) is 37.5. The molecule has 0 aliphatic carbocycles. The summed E-state index contributed by atoms with van der Waals surface area (Å²) in [5, 5.41) is 23.2. The summed E-state index contributed by atoms with van der Waals surface area (Å²) in [4.78, 5) is 11.1. The Morgan fingerprint density at radius 1 is 0.437 bits per heavy atom. The molecule has 0 unspecified atom stereocenters. The summed E-state index contributed by atoms with van der Waals surface area (Å²) < 4.78 is 49.2. The van der Waals surface area contributed by atoms with E-state index in [4.69, 9.17) is 19.7 Å². The van der Waals surface area contributed by atoms with Crippen molar-refractivity contribution in [1.82, 2.24) is 9.13 Å². The van der Waals surface area contributed by atoms with Gasteiger partial charge in [-0.1, -0.05) is 91.0 Å². The van der Waals surface area contributed by atoms with Gasteiger partial charge in [-0.25, -0.2) is 14.5 Å². The van der Waals surface area contributed by atoms with Crippen molar-refractivity contribution in [2.24, 2.45) is 0 Å². The van der Waals surface area contributed by atoms with Gasteiger partial charge >= 0.3 is 6.18 Å². The standard InChI is InChI=1S/C61H32F3N7/c1-36-10-9-13-53(61(62,63)64)60(36)41-18-22-58(70-54-14-7-5-12-48(54)50-30-40(17-21-56(50)70)43-27-45(68-3)32-46(28-43)69-4)51(31-41)52-33-44(67-2)19-23-59(52)71-55-15-8-6-11-47(55)49-29-39(16-20-57(49)71)42-25-37(34-65)24-38(26-42)35-66/h5-33H,1H3. The number of hydrogen-bond donors (Lipinski definition) is 0. The zero-order chi connectivity index (χ0) is 49.1. The number of alkyl halides is 3. The number of aryl methyl sites for hydroxylation is 1. The SMILES string of the molecule is [C-]#[N+]c1cc([N+]#[C-])cc(-c2ccc3c(c2)c2ccccc2n3-c2ccc(-c3c(C)cccc3C(F)(F)F)cc2-c2cc([N+]#[C-])ccc2-n2c3ccccc3c3cc(-c4cc(C#N)cc(C#N)c4)ccc32)c1. The summed E-state index contributed by atoms with van der Waals surface area (Å²) in [6.45, 7) is 25.3. The van der Waals surface area contributed by atoms with E-state index in [1.54, 1.807) is 73.7 Å². The van der Waals surface area contributed by atoms with E-state index in [1.165, 1.54) is 6.07 Å². The van der Waals surface area contributed by atoms with Crippen molar-refractivity contribution >= 4 is 60.7 Å². The summed E-state index contributed by atoms with van der Waals surface area (Å²) in [6.07, 6.45) is -4.66. The molecule has 71 heavy (non-hydrogen) atoms. The van der Waals surface area contributed by atoms with E-state index < -0.39 is 11.7 Å². The van der Waals surface area contributed by atoms with Gasteiger partial charge in [0.05, 0.1) is 82.0 Å². The molecule has 0 atom stereocenters. The van der Waals surface area contributed by atoms with Crippen LogP contribution < -0.4 is 0 Å². The number of halogens is 3. The molecule has 0 amide bonds. The molecule has 7 nitrogen and oxygen atoms in total. The number of nitriles is 2. The molecule has 11 rings (SSSR count). The van der Waals surface area contributed by atoms with Crippen molar-refractivity contribution in [2.45, 2.75) is 13.1 Å². The molecular weight excluding hydrogens is 888 g/mol. The van der Waals surface area contributed by atoms with Gasteiger partial charge in [0.2, 0.25) is 0 Å². The van der Waals surface area contributed by atoms with Crippen LogP contribution in [-0.4, -0.2) is 9.13 Å². The Labute approximate surface area is 405 Å². The average molecular weight is 920 g/mol. The number of hydrogen-bond acceptors (Lipinski definition) is 2. The van der Waals surface area contributed by atoms with Crippen molar-refractivity contribution in [2.75, 3.05) is 0 Å². The zero-order valence-corrected chi connectivity index (χ0v) is 37.5. The van der Waals surface area contributed by atoms with E-state index in [0.717, 1.165) is 60.8 Å². The number of para-hydroxylation sites is 2. The highest BCUT2D eigenvalue weighted by molar-refractivity contribution is 6.13. The van der Waals surface area contributed by atoms with E-state index in [-0.39, 0.29) is 5.56 Å². The molecule has 0 aliphatic rings. The number of rotatable bonds is 6. The molecule has 332 valence electrons. The Bertz CT molecular complexity index is 4240. The summed E-state index contributed by atoms with van der Waals surface area (Å²) in [7, 11) is 0. The molecule has 0 bridgehead atoms. The van der Waals surface area contributed by atoms with Gasteiger partial charge in [-0.05, 0) is 136 Å². The number of fused-ring (bicyclic) bond motifs is 6. The van der Waals surface area contributed by atoms with Crippen LogP contribution in [0.2, 0.25) is 0 Å². The van der Waals surface area contributed by atoms with E-state index in [1.807, 2.05) is 97.1 Å². The number of nitrogens with zero attached hydrogens (tertiary/aromatic N) is 7. The fourth-order valence-corrected chi connectivity index (χ4v) is 10.0. The first-order chi connectivity index (χ1) is 34.5. The van der Waals surface area contributed by atoms with E-state index >= 15 is 0 Å². The van der Waals surface area contributed by atoms with E-state index in [9.17, 15) is 23.7 Å². The molecule has 2 heterocycles. The van der Waals surface area contributed by atoms with Gasteiger partial charge in [-0.3, -0.25) is 0 Å². The molecule has 10 heteroatoms. The molecule has 11 aromatic rings. The molecule has 9 aromatic carbocycles. The summed E-state index contributed by atoms with van der Waals surface area (Å²) in [6, 6.07) is 57.2. The maximum atomic E-state index is 15.0. The molecule has 0 aliphatic heterocycles. The second-order valence-corrected chi connectivity index (χ2v) is 17.2. The van der Waals surface area contributed by atoms with Gasteiger partial charge in [0.1, 0.15) is 0 Å². The van der Waals surface area contributed by atoms with Crippen LogP contribution in [0.1, 0.15) is 22.3 Å². The minimum Gasteiger partial charge on any atom is -0.309 e. The third-order valence-electron chi connectivity index (χ3n) is 13.1. The van der Waals surface area contributed by atoms with Crippen molar-refractivity contribution in [1.29, 1.82) is 10.5 Å². The fraction of sp³-hybridized carbons (Fsp3) is 0.0328. The predicted octanol–water partition coefficient (Wildman–Crippen LogP) is 17.3. The summed E-state index contributed by atoms with van der Waals surface area (Å²) >= 11 is 0. The van der Waals surface area contributed by atoms with Crippen molar-refractivity contribution < 1.29 is 13.2 Å². The van der Waals surface area contributed by atoms with Gasteiger partial charge in [0.15, 0.2) is 17.1 Å². The third kappa shape index (κ3) is 7.27. The fourth-order valence-electron chi connectivity index (χ4n) is 10.0. The van der Waals surface area contributed by atoms with Crippen molar-refractivity contribution in [3.8, 4) is 68.0 Å². The van der Waals surface area contributed by atoms with Gasteiger partial charge in [0.25, 0.3) is 0 Å². The topological polar surface area (TPSA) is 70.5 Å². The molecule has 0 saturated carbocycles. The Balaban J connectivity index is 1.22. The van der Waals surface area contributed by atoms with Crippen LogP contribution >= 0.6 is 0 Å². The second kappa shape index (κ2) is 16.9. The lowest BCUT2D eigenvalue weighted by Gasteiger charge is -2.22. The van der Waals surface area contributed by atoms with Crippen molar-refractivity contribution in [3.05, 3.63) is 232 Å². The van der Waals surface area contributed by atoms with Crippen LogP contribution in [0.25, 0.3) is 114 Å². The molecule has 0 N–H and O–H groups in total. The molecule has 0 radical (unpaired) electrons. The maximum Gasteiger partial charge on any atom is 0.417 e. The van der Waals surface area contributed by atoms with Gasteiger partial charge < -0.3 is 9.13 Å². The molecule has 0 saturated heterocycles. The first kappa shape index (κ1) is 43.4. The first-order valence-electron chi connectivity index (χ1n) is 22.3. The summed E-state index contributed by atoms with van der Waals surface area (Å²) in [5.74, 6) is 0. The number of benzene rings is 9. The Kier molecular flexibility index (Phi) is 10.3. The van der Waals surface area contributed by atoms with Crippen LogP contribution in [0, 0.1) is 49.3 Å². The van der Waals surface area contributed by atoms with Crippen LogP contribution in [0.5, 0.6) is 0 Å². The van der Waals surface area contributed by atoms with Crippen LogP contribution in [0.4, 0.5) is 30.2 Å². The molecule has 2 aromatic heterocycles. The lowest BCUT2D eigenvalue weighted by Crippen LogP contribution is -2.08. The van der Waals surface area contributed by atoms with Crippen LogP contribution in [0.3, 0.4) is 0 Å². The molecular formula is C61H32F3N7. The minimum atomic E-state index is -4.66. The van der Waals surface area contributed by atoms with E-state index in [2.05, 4.69) is 35.8 Å². The van der Waals surface area contributed by atoms with Gasteiger partial charge in [-0.15, -0.1) is 0 Å². The smallest absolute Gasteiger partial charge is 0.309 e. The Morgan fingerprint density at radius 2 is 0.930 bits per heavy atom. The highest BCUT2D eigenvalue weighted by Crippen LogP contribution is 2.47. The second-order valence-electron chi connectivity index (χ2n) is 17.2. The highest BCUT2D eigenvalue weighted by Gasteiger charge is 2.34. The monoisotopic (exact) mass is 919 g/mol. The van der Waals surface area contributed by atoms with Crippen LogP contribution in [0.15, 0.2) is 176 Å². The average Bonchev–Trinajstić information content (AvgIpc) is 3.91. The predicted molar refractivity (Wildman–Crippen MR) is 275 cm³/mol. The summed E-state index contributed by atoms with van der Waals surface area (Å²) in [5.41, 5.74) is 10.6. The third-order valence-corrected chi connectivity index (χ3v) is 13.1. The highest BCUT2D eigenvalue weighted by atomic mass is 19.4. The maximum absolute atomic E-state index is 15.0. The minimum absolute atomic E-state index is 0.0485. The lowest BCUT2D eigenvalue weighted by atomic mass is 9.90. The lowest BCUT2D eigenvalue weighted by molar-refractivity contribution is -0.137. The largest absolute Gasteiger partial charge is 0.417 e. The Morgan fingerprint density at radius 3 is 1.46 bits per heavy atom. The van der Waals surface area contributed by atoms with Crippen LogP contribution in [-0.2, 0) is 6.18 Å². The number of aromatic nitrogens is 2. The molecule has 0 fully saturated rings. The van der Waals surface area contributed by atoms with Gasteiger partial charge in [-0.2, -0.15) is 23.7 Å². The normalized spacial score (nSPS) is 11.3.